The van der Waals surface area contributed by atoms with Crippen LogP contribution < -0.4 is 5.32 Å². The zero-order chi connectivity index (χ0) is 14.9. The summed E-state index contributed by atoms with van der Waals surface area (Å²) >= 11 is 5.66. The van der Waals surface area contributed by atoms with Crippen LogP contribution in [0.2, 0.25) is 5.02 Å². The van der Waals surface area contributed by atoms with Crippen LogP contribution in [0.15, 0.2) is 30.3 Å². The Morgan fingerprint density at radius 3 is 2.30 bits per heavy atom. The summed E-state index contributed by atoms with van der Waals surface area (Å²) in [7, 11) is 0. The Bertz CT molecular complexity index is 668. The molecule has 0 aromatic heterocycles. The number of phenols is 1. The molecule has 0 saturated heterocycles. The van der Waals surface area contributed by atoms with Crippen molar-refractivity contribution in [3.8, 4) is 5.75 Å². The third-order valence-corrected chi connectivity index (χ3v) is 2.68. The van der Waals surface area contributed by atoms with E-state index in [1.54, 1.807) is 0 Å². The lowest BCUT2D eigenvalue weighted by molar-refractivity contribution is 0.102. The smallest absolute Gasteiger partial charge is 0.259 e. The van der Waals surface area contributed by atoms with Crippen molar-refractivity contribution in [2.24, 2.45) is 0 Å². The van der Waals surface area contributed by atoms with Crippen LogP contribution in [0.5, 0.6) is 5.75 Å². The Kier molecular flexibility index (Phi) is 3.85. The number of carbonyl (C=O) groups is 1. The topological polar surface area (TPSA) is 49.3 Å². The molecule has 1 amide bonds. The SMILES string of the molecule is O=C(Nc1c(F)cc(F)cc1F)c1cc(Cl)ccc1O. The van der Waals surface area contributed by atoms with Gasteiger partial charge in [0.1, 0.15) is 17.3 Å². The normalized spacial score (nSPS) is 10.4. The number of nitrogens with one attached hydrogen (secondary N) is 1. The van der Waals surface area contributed by atoms with Crippen LogP contribution in [0.25, 0.3) is 0 Å². The summed E-state index contributed by atoms with van der Waals surface area (Å²) in [5.74, 6) is -5.03. The van der Waals surface area contributed by atoms with E-state index in [-0.39, 0.29) is 10.6 Å². The van der Waals surface area contributed by atoms with Gasteiger partial charge >= 0.3 is 0 Å². The minimum Gasteiger partial charge on any atom is -0.507 e. The van der Waals surface area contributed by atoms with E-state index in [2.05, 4.69) is 0 Å². The van der Waals surface area contributed by atoms with Gasteiger partial charge in [0.25, 0.3) is 5.91 Å². The number of hydrogen-bond acceptors (Lipinski definition) is 2. The third kappa shape index (κ3) is 2.85. The third-order valence-electron chi connectivity index (χ3n) is 2.45. The summed E-state index contributed by atoms with van der Waals surface area (Å²) in [5.41, 5.74) is -1.07. The molecule has 3 nitrogen and oxygen atoms in total. The predicted octanol–water partition coefficient (Wildman–Crippen LogP) is 3.72. The molecule has 0 unspecified atom stereocenters. The molecule has 0 heterocycles. The van der Waals surface area contributed by atoms with Gasteiger partial charge in [-0.05, 0) is 18.2 Å². The van der Waals surface area contributed by atoms with Gasteiger partial charge < -0.3 is 10.4 Å². The molecule has 2 aromatic rings. The van der Waals surface area contributed by atoms with Crippen LogP contribution in [0.1, 0.15) is 10.4 Å². The highest BCUT2D eigenvalue weighted by atomic mass is 35.5. The predicted molar refractivity (Wildman–Crippen MR) is 67.4 cm³/mol. The number of phenolic OH excluding ortho intramolecular Hbond substituents is 1. The van der Waals surface area contributed by atoms with Gasteiger partial charge in [-0.1, -0.05) is 11.6 Å². The van der Waals surface area contributed by atoms with Gasteiger partial charge in [-0.3, -0.25) is 4.79 Å². The van der Waals surface area contributed by atoms with Crippen molar-refractivity contribution in [3.05, 3.63) is 58.4 Å². The van der Waals surface area contributed by atoms with Crippen LogP contribution in [-0.2, 0) is 0 Å². The van der Waals surface area contributed by atoms with Gasteiger partial charge in [0, 0.05) is 17.2 Å². The van der Waals surface area contributed by atoms with Crippen molar-refractivity contribution in [2.45, 2.75) is 0 Å². The molecule has 0 aliphatic heterocycles. The van der Waals surface area contributed by atoms with Gasteiger partial charge in [0.05, 0.1) is 5.56 Å². The molecule has 0 atom stereocenters. The highest BCUT2D eigenvalue weighted by Gasteiger charge is 2.17. The minimum atomic E-state index is -1.27. The van der Waals surface area contributed by atoms with E-state index in [1.165, 1.54) is 6.07 Å². The number of hydrogen-bond donors (Lipinski definition) is 2. The zero-order valence-corrected chi connectivity index (χ0v) is 10.5. The Hall–Kier alpha value is -2.21. The monoisotopic (exact) mass is 301 g/mol. The van der Waals surface area contributed by atoms with E-state index in [0.717, 1.165) is 12.1 Å². The molecule has 2 N–H and O–H groups in total. The minimum absolute atomic E-state index is 0.160. The summed E-state index contributed by atoms with van der Waals surface area (Å²) in [5, 5.41) is 11.6. The van der Waals surface area contributed by atoms with Crippen LogP contribution in [0.3, 0.4) is 0 Å². The molecule has 7 heteroatoms. The highest BCUT2D eigenvalue weighted by molar-refractivity contribution is 6.31. The van der Waals surface area contributed by atoms with Crippen LogP contribution >= 0.6 is 11.6 Å². The Morgan fingerprint density at radius 1 is 1.10 bits per heavy atom. The summed E-state index contributed by atoms with van der Waals surface area (Å²) in [6, 6.07) is 4.49. The molecule has 0 aliphatic rings. The first-order valence-corrected chi connectivity index (χ1v) is 5.70. The quantitative estimate of drug-likeness (QED) is 0.888. The first-order chi connectivity index (χ1) is 9.38. The van der Waals surface area contributed by atoms with Crippen LogP contribution in [0.4, 0.5) is 18.9 Å². The molecular weight excluding hydrogens is 295 g/mol. The molecule has 0 aliphatic carbocycles. The van der Waals surface area contributed by atoms with E-state index in [0.29, 0.717) is 12.1 Å². The van der Waals surface area contributed by atoms with E-state index >= 15 is 0 Å². The number of benzene rings is 2. The molecule has 0 spiro atoms. The number of carbonyl (C=O) groups excluding carboxylic acids is 1. The van der Waals surface area contributed by atoms with Crippen LogP contribution in [0, 0.1) is 17.5 Å². The number of aromatic hydroxyl groups is 1. The molecular formula is C13H7ClF3NO2. The maximum atomic E-state index is 13.4. The number of amides is 1. The van der Waals surface area contributed by atoms with Crippen LogP contribution in [-0.4, -0.2) is 11.0 Å². The molecule has 0 bridgehead atoms. The largest absolute Gasteiger partial charge is 0.507 e. The molecule has 2 aromatic carbocycles. The highest BCUT2D eigenvalue weighted by Crippen LogP contribution is 2.25. The fraction of sp³-hybridized carbons (Fsp3) is 0. The standard InChI is InChI=1S/C13H7ClF3NO2/c14-6-1-2-11(19)8(3-6)13(20)18-12-9(16)4-7(15)5-10(12)17/h1-5,19H,(H,18,20). The van der Waals surface area contributed by atoms with Crippen molar-refractivity contribution in [1.82, 2.24) is 0 Å². The second-order valence-corrected chi connectivity index (χ2v) is 4.30. The Balaban J connectivity index is 2.35. The van der Waals surface area contributed by atoms with Crippen molar-refractivity contribution in [1.29, 1.82) is 0 Å². The zero-order valence-electron chi connectivity index (χ0n) is 9.75. The van der Waals surface area contributed by atoms with Crippen molar-refractivity contribution in [3.63, 3.8) is 0 Å². The maximum Gasteiger partial charge on any atom is 0.259 e. The average molecular weight is 302 g/mol. The van der Waals surface area contributed by atoms with E-state index in [4.69, 9.17) is 11.6 Å². The van der Waals surface area contributed by atoms with Crippen molar-refractivity contribution in [2.75, 3.05) is 5.32 Å². The van der Waals surface area contributed by atoms with Gasteiger partial charge in [0.15, 0.2) is 11.6 Å². The van der Waals surface area contributed by atoms with Gasteiger partial charge in [-0.15, -0.1) is 0 Å². The van der Waals surface area contributed by atoms with Crippen molar-refractivity contribution >= 4 is 23.2 Å². The summed E-state index contributed by atoms with van der Waals surface area (Å²) in [6.45, 7) is 0. The van der Waals surface area contributed by atoms with Gasteiger partial charge in [0.2, 0.25) is 0 Å². The second-order valence-electron chi connectivity index (χ2n) is 3.86. The first kappa shape index (κ1) is 14.2. The van der Waals surface area contributed by atoms with E-state index < -0.39 is 34.8 Å². The Labute approximate surface area is 116 Å². The van der Waals surface area contributed by atoms with Crippen molar-refractivity contribution < 1.29 is 23.1 Å². The molecule has 0 radical (unpaired) electrons. The summed E-state index contributed by atoms with van der Waals surface area (Å²) in [6.07, 6.45) is 0. The lowest BCUT2D eigenvalue weighted by Gasteiger charge is -2.09. The summed E-state index contributed by atoms with van der Waals surface area (Å²) in [4.78, 5) is 11.8. The van der Waals surface area contributed by atoms with E-state index in [9.17, 15) is 23.1 Å². The van der Waals surface area contributed by atoms with Gasteiger partial charge in [-0.25, -0.2) is 13.2 Å². The average Bonchev–Trinajstić information content (AvgIpc) is 2.36. The number of halogens is 4. The second kappa shape index (κ2) is 5.42. The lowest BCUT2D eigenvalue weighted by Crippen LogP contribution is -2.14. The summed E-state index contributed by atoms with van der Waals surface area (Å²) < 4.78 is 39.5. The molecule has 20 heavy (non-hydrogen) atoms. The fourth-order valence-electron chi connectivity index (χ4n) is 1.53. The molecule has 0 fully saturated rings. The van der Waals surface area contributed by atoms with Gasteiger partial charge in [-0.2, -0.15) is 0 Å². The maximum absolute atomic E-state index is 13.4. The number of anilines is 1. The number of rotatable bonds is 2. The first-order valence-electron chi connectivity index (χ1n) is 5.33. The lowest BCUT2D eigenvalue weighted by atomic mass is 10.1. The molecule has 104 valence electrons. The fourth-order valence-corrected chi connectivity index (χ4v) is 1.70. The van der Waals surface area contributed by atoms with E-state index in [1.807, 2.05) is 5.32 Å². The molecule has 0 saturated carbocycles. The molecule has 2 rings (SSSR count). The Morgan fingerprint density at radius 2 is 1.70 bits per heavy atom.